The summed E-state index contributed by atoms with van der Waals surface area (Å²) in [5, 5.41) is 10.7. The molecular formula is C16H19N3O4S2. The maximum Gasteiger partial charge on any atom is 0.211 e. The van der Waals surface area contributed by atoms with Crippen molar-refractivity contribution in [1.29, 1.82) is 0 Å². The molecule has 7 nitrogen and oxygen atoms in total. The molecule has 0 amide bonds. The van der Waals surface area contributed by atoms with Crippen LogP contribution in [-0.2, 0) is 21.3 Å². The van der Waals surface area contributed by atoms with Crippen LogP contribution in [0.4, 0.5) is 0 Å². The van der Waals surface area contributed by atoms with Crippen molar-refractivity contribution >= 4 is 21.4 Å². The van der Waals surface area contributed by atoms with Gasteiger partial charge in [-0.05, 0) is 6.07 Å². The molecule has 3 rings (SSSR count). The minimum Gasteiger partial charge on any atom is -0.384 e. The van der Waals surface area contributed by atoms with Crippen molar-refractivity contribution in [2.24, 2.45) is 0 Å². The van der Waals surface area contributed by atoms with Gasteiger partial charge in [-0.25, -0.2) is 13.4 Å². The fourth-order valence-corrected chi connectivity index (χ4v) is 4.36. The summed E-state index contributed by atoms with van der Waals surface area (Å²) in [5.41, 5.74) is 0.834. The van der Waals surface area contributed by atoms with Crippen molar-refractivity contribution in [1.82, 2.24) is 13.9 Å². The molecule has 3 heterocycles. The average molecular weight is 381 g/mol. The Balaban J connectivity index is 1.75. The summed E-state index contributed by atoms with van der Waals surface area (Å²) in [7, 11) is -3.21. The van der Waals surface area contributed by atoms with Crippen LogP contribution >= 0.6 is 11.3 Å². The molecule has 25 heavy (non-hydrogen) atoms. The van der Waals surface area contributed by atoms with Crippen LogP contribution in [-0.4, -0.2) is 66.0 Å². The van der Waals surface area contributed by atoms with Crippen LogP contribution in [0.15, 0.2) is 23.8 Å². The normalized spacial score (nSPS) is 18.7. The molecule has 0 spiro atoms. The minimum absolute atomic E-state index is 0.171. The Labute approximate surface area is 150 Å². The Bertz CT molecular complexity index is 892. The third-order valence-corrected chi connectivity index (χ3v) is 6.01. The van der Waals surface area contributed by atoms with Crippen molar-refractivity contribution in [2.45, 2.75) is 12.6 Å². The molecule has 0 aromatic carbocycles. The number of aromatic nitrogens is 2. The van der Waals surface area contributed by atoms with E-state index in [9.17, 15) is 8.42 Å². The lowest BCUT2D eigenvalue weighted by Crippen LogP contribution is -2.46. The Kier molecular flexibility index (Phi) is 5.56. The van der Waals surface area contributed by atoms with E-state index in [4.69, 9.17) is 9.84 Å². The van der Waals surface area contributed by atoms with Crippen LogP contribution in [0.2, 0.25) is 0 Å². The lowest BCUT2D eigenvalue weighted by Gasteiger charge is -2.31. The maximum atomic E-state index is 11.7. The number of morpholine rings is 1. The number of ether oxygens (including phenoxy) is 1. The topological polar surface area (TPSA) is 84.7 Å². The zero-order chi connectivity index (χ0) is 17.9. The third-order valence-electron chi connectivity index (χ3n) is 3.82. The first kappa shape index (κ1) is 18.1. The molecule has 1 saturated heterocycles. The van der Waals surface area contributed by atoms with Gasteiger partial charge in [0, 0.05) is 36.4 Å². The van der Waals surface area contributed by atoms with Crippen molar-refractivity contribution < 1.29 is 18.3 Å². The molecule has 1 atom stereocenters. The van der Waals surface area contributed by atoms with Gasteiger partial charge in [0.05, 0.1) is 30.4 Å². The molecule has 0 saturated carbocycles. The zero-order valence-corrected chi connectivity index (χ0v) is 15.4. The molecule has 0 aliphatic carbocycles. The van der Waals surface area contributed by atoms with Gasteiger partial charge >= 0.3 is 0 Å². The molecule has 1 aliphatic rings. The highest BCUT2D eigenvalue weighted by Gasteiger charge is 2.27. The predicted octanol–water partition coefficient (Wildman–Crippen LogP) is 0.616. The summed E-state index contributed by atoms with van der Waals surface area (Å²) in [4.78, 5) is 5.36. The summed E-state index contributed by atoms with van der Waals surface area (Å²) in [6.07, 6.45) is 4.57. The first-order chi connectivity index (χ1) is 12.0. The number of sulfonamides is 1. The van der Waals surface area contributed by atoms with E-state index < -0.39 is 10.0 Å². The highest BCUT2D eigenvalue weighted by Crippen LogP contribution is 2.26. The van der Waals surface area contributed by atoms with Crippen molar-refractivity contribution in [3.8, 4) is 22.5 Å². The molecule has 9 heteroatoms. The standard InChI is InChI=1S/C16H19N3O4S2/c1-25(21,22)19-6-8-23-14(11-19)10-18-5-4-17-16(18)15-9-13(12-24-15)3-2-7-20/h4-5,9,12,14,20H,6-8,10-11H2,1H3. The van der Waals surface area contributed by atoms with Crippen LogP contribution in [0.1, 0.15) is 5.56 Å². The van der Waals surface area contributed by atoms with Crippen molar-refractivity contribution in [3.63, 3.8) is 0 Å². The molecule has 1 N–H and O–H groups in total. The monoisotopic (exact) mass is 381 g/mol. The third kappa shape index (κ3) is 4.48. The van der Waals surface area contributed by atoms with E-state index in [2.05, 4.69) is 16.8 Å². The molecule has 1 fully saturated rings. The van der Waals surface area contributed by atoms with E-state index in [1.54, 1.807) is 6.20 Å². The van der Waals surface area contributed by atoms with E-state index in [1.165, 1.54) is 21.9 Å². The second kappa shape index (κ2) is 7.68. The Morgan fingerprint density at radius 3 is 3.12 bits per heavy atom. The van der Waals surface area contributed by atoms with Crippen LogP contribution in [0, 0.1) is 11.8 Å². The summed E-state index contributed by atoms with van der Waals surface area (Å²) in [5.74, 6) is 6.29. The number of hydrogen-bond donors (Lipinski definition) is 1. The smallest absolute Gasteiger partial charge is 0.211 e. The first-order valence-electron chi connectivity index (χ1n) is 7.74. The average Bonchev–Trinajstić information content (AvgIpc) is 3.21. The summed E-state index contributed by atoms with van der Waals surface area (Å²) in [6.45, 7) is 1.48. The highest BCUT2D eigenvalue weighted by molar-refractivity contribution is 7.88. The first-order valence-corrected chi connectivity index (χ1v) is 10.5. The van der Waals surface area contributed by atoms with E-state index >= 15 is 0 Å². The number of thiophene rings is 1. The van der Waals surface area contributed by atoms with Gasteiger partial charge in [0.2, 0.25) is 10.0 Å². The van der Waals surface area contributed by atoms with Gasteiger partial charge in [0.15, 0.2) is 0 Å². The van der Waals surface area contributed by atoms with Crippen LogP contribution in [0.25, 0.3) is 10.7 Å². The number of aliphatic hydroxyl groups is 1. The van der Waals surface area contributed by atoms with Gasteiger partial charge in [-0.15, -0.1) is 11.3 Å². The zero-order valence-electron chi connectivity index (χ0n) is 13.8. The number of aliphatic hydroxyl groups excluding tert-OH is 1. The summed E-state index contributed by atoms with van der Waals surface area (Å²) < 4.78 is 32.6. The molecule has 1 unspecified atom stereocenters. The quantitative estimate of drug-likeness (QED) is 0.785. The summed E-state index contributed by atoms with van der Waals surface area (Å²) in [6, 6.07) is 1.93. The van der Waals surface area contributed by atoms with Gasteiger partial charge in [-0.1, -0.05) is 11.8 Å². The largest absolute Gasteiger partial charge is 0.384 e. The molecule has 0 radical (unpaired) electrons. The number of nitrogens with zero attached hydrogens (tertiary/aromatic N) is 3. The van der Waals surface area contributed by atoms with Gasteiger partial charge in [-0.2, -0.15) is 4.31 Å². The summed E-state index contributed by atoms with van der Waals surface area (Å²) >= 11 is 1.52. The Morgan fingerprint density at radius 2 is 2.36 bits per heavy atom. The predicted molar refractivity (Wildman–Crippen MR) is 95.7 cm³/mol. The second-order valence-electron chi connectivity index (χ2n) is 5.68. The van der Waals surface area contributed by atoms with Crippen molar-refractivity contribution in [2.75, 3.05) is 32.6 Å². The van der Waals surface area contributed by atoms with E-state index in [-0.39, 0.29) is 12.7 Å². The number of imidazole rings is 1. The van der Waals surface area contributed by atoms with Gasteiger partial charge in [-0.3, -0.25) is 0 Å². The Hall–Kier alpha value is -1.70. The lowest BCUT2D eigenvalue weighted by molar-refractivity contribution is -0.00978. The molecular weight excluding hydrogens is 362 g/mol. The number of hydrogen-bond acceptors (Lipinski definition) is 6. The van der Waals surface area contributed by atoms with Crippen LogP contribution < -0.4 is 0 Å². The van der Waals surface area contributed by atoms with Gasteiger partial charge in [0.25, 0.3) is 0 Å². The maximum absolute atomic E-state index is 11.7. The highest BCUT2D eigenvalue weighted by atomic mass is 32.2. The molecule has 134 valence electrons. The van der Waals surface area contributed by atoms with E-state index in [0.29, 0.717) is 26.2 Å². The molecule has 1 aliphatic heterocycles. The Morgan fingerprint density at radius 1 is 1.52 bits per heavy atom. The minimum atomic E-state index is -3.21. The second-order valence-corrected chi connectivity index (χ2v) is 8.57. The van der Waals surface area contributed by atoms with Gasteiger partial charge in [0.1, 0.15) is 12.4 Å². The fourth-order valence-electron chi connectivity index (χ4n) is 2.67. The van der Waals surface area contributed by atoms with Crippen LogP contribution in [0.5, 0.6) is 0 Å². The van der Waals surface area contributed by atoms with Crippen LogP contribution in [0.3, 0.4) is 0 Å². The van der Waals surface area contributed by atoms with E-state index in [1.807, 2.05) is 22.2 Å². The fraction of sp³-hybridized carbons (Fsp3) is 0.438. The number of rotatable bonds is 4. The van der Waals surface area contributed by atoms with Crippen molar-refractivity contribution in [3.05, 3.63) is 29.4 Å². The molecule has 0 bridgehead atoms. The lowest BCUT2D eigenvalue weighted by atomic mass is 10.3. The molecule has 2 aromatic heterocycles. The SMILES string of the molecule is CS(=O)(=O)N1CCOC(Cn2ccnc2-c2cc(C#CCO)cs2)C1. The van der Waals surface area contributed by atoms with Gasteiger partial charge < -0.3 is 14.4 Å². The van der Waals surface area contributed by atoms with E-state index in [0.717, 1.165) is 16.3 Å². The molecule has 2 aromatic rings.